The van der Waals surface area contributed by atoms with Gasteiger partial charge < -0.3 is 4.57 Å². The van der Waals surface area contributed by atoms with Crippen LogP contribution in [0.1, 0.15) is 5.56 Å². The van der Waals surface area contributed by atoms with Gasteiger partial charge in [0.05, 0.1) is 22.2 Å². The van der Waals surface area contributed by atoms with E-state index in [1.54, 1.807) is 0 Å². The van der Waals surface area contributed by atoms with E-state index in [9.17, 15) is 0 Å². The predicted molar refractivity (Wildman–Crippen MR) is 235 cm³/mol. The van der Waals surface area contributed by atoms with Crippen LogP contribution < -0.4 is 0 Å². The van der Waals surface area contributed by atoms with Crippen LogP contribution in [0.5, 0.6) is 0 Å². The molecule has 2 aromatic heterocycles. The monoisotopic (exact) mass is 713 g/mol. The maximum atomic E-state index is 5.34. The number of hydrogen-bond donors (Lipinski definition) is 0. The zero-order valence-electron chi connectivity index (χ0n) is 30.8. The van der Waals surface area contributed by atoms with Crippen LogP contribution in [0.4, 0.5) is 0 Å². The number of rotatable bonds is 5. The molecule has 56 heavy (non-hydrogen) atoms. The van der Waals surface area contributed by atoms with Gasteiger partial charge in [-0.2, -0.15) is 0 Å². The minimum absolute atomic E-state index is 0.703. The molecule has 0 saturated carbocycles. The Hall–Kier alpha value is -7.36. The van der Waals surface area contributed by atoms with Gasteiger partial charge in [-0.1, -0.05) is 140 Å². The number of fused-ring (bicyclic) bond motifs is 6. The first-order valence-corrected chi connectivity index (χ1v) is 19.1. The second kappa shape index (κ2) is 12.9. The SMILES string of the molecule is Cc1cccc2cc3c(cc12)c1ccccc1n3-c1ccc(-c2nc(-c3cccc(-c4ccccc4)c3)nc3cc(-c4ccc5ccccc5c4)ccc23)cc1. The quantitative estimate of drug-likeness (QED) is 0.178. The number of aromatic nitrogens is 3. The van der Waals surface area contributed by atoms with Crippen molar-refractivity contribution in [1.82, 2.24) is 14.5 Å². The molecule has 0 unspecified atom stereocenters. The van der Waals surface area contributed by atoms with Crippen molar-refractivity contribution in [3.05, 3.63) is 200 Å². The lowest BCUT2D eigenvalue weighted by Crippen LogP contribution is -1.97. The summed E-state index contributed by atoms with van der Waals surface area (Å²) in [5.74, 6) is 0.703. The minimum Gasteiger partial charge on any atom is -0.309 e. The predicted octanol–water partition coefficient (Wildman–Crippen LogP) is 14.0. The molecule has 0 bridgehead atoms. The van der Waals surface area contributed by atoms with Crippen LogP contribution in [-0.2, 0) is 0 Å². The fourth-order valence-electron chi connectivity index (χ4n) is 8.44. The highest BCUT2D eigenvalue weighted by Crippen LogP contribution is 2.38. The second-order valence-electron chi connectivity index (χ2n) is 14.7. The van der Waals surface area contributed by atoms with Crippen LogP contribution in [-0.4, -0.2) is 14.5 Å². The van der Waals surface area contributed by atoms with Crippen LogP contribution in [0.3, 0.4) is 0 Å². The lowest BCUT2D eigenvalue weighted by Gasteiger charge is -2.13. The molecule has 11 rings (SSSR count). The molecule has 9 aromatic carbocycles. The van der Waals surface area contributed by atoms with Gasteiger partial charge in [-0.25, -0.2) is 9.97 Å². The summed E-state index contributed by atoms with van der Waals surface area (Å²) in [5, 5.41) is 8.53. The highest BCUT2D eigenvalue weighted by molar-refractivity contribution is 6.14. The summed E-state index contributed by atoms with van der Waals surface area (Å²) in [4.78, 5) is 10.6. The van der Waals surface area contributed by atoms with Crippen LogP contribution in [0, 0.1) is 6.92 Å². The maximum Gasteiger partial charge on any atom is 0.160 e. The fraction of sp³-hybridized carbons (Fsp3) is 0.0189. The molecule has 3 heteroatoms. The molecule has 0 amide bonds. The molecule has 11 aromatic rings. The van der Waals surface area contributed by atoms with E-state index in [0.717, 1.165) is 55.7 Å². The molecule has 0 saturated heterocycles. The fourth-order valence-corrected chi connectivity index (χ4v) is 8.44. The summed E-state index contributed by atoms with van der Waals surface area (Å²) < 4.78 is 2.39. The zero-order valence-corrected chi connectivity index (χ0v) is 30.8. The van der Waals surface area contributed by atoms with E-state index in [1.807, 2.05) is 0 Å². The number of aryl methyl sites for hydroxylation is 1. The Labute approximate surface area is 324 Å². The third-order valence-corrected chi connectivity index (χ3v) is 11.3. The van der Waals surface area contributed by atoms with Gasteiger partial charge in [0.2, 0.25) is 0 Å². The first kappa shape index (κ1) is 32.1. The Morgan fingerprint density at radius 2 is 1.04 bits per heavy atom. The molecule has 0 radical (unpaired) electrons. The van der Waals surface area contributed by atoms with E-state index in [4.69, 9.17) is 9.97 Å². The van der Waals surface area contributed by atoms with E-state index < -0.39 is 0 Å². The topological polar surface area (TPSA) is 30.7 Å². The van der Waals surface area contributed by atoms with Crippen molar-refractivity contribution >= 4 is 54.3 Å². The smallest absolute Gasteiger partial charge is 0.160 e. The Kier molecular flexibility index (Phi) is 7.39. The molecule has 0 aliphatic carbocycles. The Balaban J connectivity index is 1.08. The van der Waals surface area contributed by atoms with Gasteiger partial charge in [0, 0.05) is 33.0 Å². The summed E-state index contributed by atoms with van der Waals surface area (Å²) in [5.41, 5.74) is 13.2. The molecule has 0 aliphatic heterocycles. The van der Waals surface area contributed by atoms with Gasteiger partial charge in [0.1, 0.15) is 0 Å². The third-order valence-electron chi connectivity index (χ3n) is 11.3. The molecule has 2 heterocycles. The lowest BCUT2D eigenvalue weighted by molar-refractivity contribution is 1.18. The van der Waals surface area contributed by atoms with E-state index in [0.29, 0.717) is 5.82 Å². The van der Waals surface area contributed by atoms with Gasteiger partial charge >= 0.3 is 0 Å². The summed E-state index contributed by atoms with van der Waals surface area (Å²) in [6.45, 7) is 2.19. The zero-order chi connectivity index (χ0) is 37.2. The van der Waals surface area contributed by atoms with E-state index in [1.165, 1.54) is 48.9 Å². The minimum atomic E-state index is 0.703. The number of para-hydroxylation sites is 1. The van der Waals surface area contributed by atoms with Crippen molar-refractivity contribution in [2.75, 3.05) is 0 Å². The van der Waals surface area contributed by atoms with E-state index >= 15 is 0 Å². The molecular weight excluding hydrogens is 679 g/mol. The molecule has 0 fully saturated rings. The number of benzene rings is 9. The summed E-state index contributed by atoms with van der Waals surface area (Å²) in [7, 11) is 0. The number of nitrogens with zero attached hydrogens (tertiary/aromatic N) is 3. The average Bonchev–Trinajstić information content (AvgIpc) is 3.58. The first-order valence-electron chi connectivity index (χ1n) is 19.1. The van der Waals surface area contributed by atoms with Gasteiger partial charge in [-0.05, 0) is 111 Å². The molecule has 0 aliphatic rings. The Morgan fingerprint density at radius 3 is 1.93 bits per heavy atom. The van der Waals surface area contributed by atoms with Crippen LogP contribution >= 0.6 is 0 Å². The largest absolute Gasteiger partial charge is 0.309 e. The Morgan fingerprint density at radius 1 is 0.357 bits per heavy atom. The third kappa shape index (κ3) is 5.36. The van der Waals surface area contributed by atoms with Crippen molar-refractivity contribution in [2.45, 2.75) is 6.92 Å². The van der Waals surface area contributed by atoms with Gasteiger partial charge in [0.25, 0.3) is 0 Å². The summed E-state index contributed by atoms with van der Waals surface area (Å²) in [6, 6.07) is 69.7. The normalized spacial score (nSPS) is 11.7. The second-order valence-corrected chi connectivity index (χ2v) is 14.7. The van der Waals surface area contributed by atoms with Gasteiger partial charge in [-0.3, -0.25) is 0 Å². The van der Waals surface area contributed by atoms with E-state index in [-0.39, 0.29) is 0 Å². The molecule has 3 nitrogen and oxygen atoms in total. The van der Waals surface area contributed by atoms with Crippen LogP contribution in [0.15, 0.2) is 194 Å². The Bertz CT molecular complexity index is 3300. The van der Waals surface area contributed by atoms with E-state index in [2.05, 4.69) is 206 Å². The molecule has 0 N–H and O–H groups in total. The molecule has 0 spiro atoms. The highest BCUT2D eigenvalue weighted by atomic mass is 15.0. The van der Waals surface area contributed by atoms with Crippen molar-refractivity contribution in [2.24, 2.45) is 0 Å². The van der Waals surface area contributed by atoms with Crippen molar-refractivity contribution in [1.29, 1.82) is 0 Å². The standard InChI is InChI=1S/C53H35N3/c1-34-11-9-17-42-32-51-48(33-47(34)42)45-19-7-8-20-50(45)56(51)44-26-23-37(24-27-44)52-46-28-25-41(40-22-21-36-14-5-6-15-38(36)29-40)31-49(46)54-53(55-52)43-18-10-16-39(30-43)35-12-3-2-4-13-35/h2-33H,1H3. The lowest BCUT2D eigenvalue weighted by atomic mass is 9.98. The molecular formula is C53H35N3. The molecule has 0 atom stereocenters. The highest BCUT2D eigenvalue weighted by Gasteiger charge is 2.17. The summed E-state index contributed by atoms with van der Waals surface area (Å²) in [6.07, 6.45) is 0. The van der Waals surface area contributed by atoms with Crippen LogP contribution in [0.25, 0.3) is 105 Å². The summed E-state index contributed by atoms with van der Waals surface area (Å²) >= 11 is 0. The van der Waals surface area contributed by atoms with Gasteiger partial charge in [0.15, 0.2) is 5.82 Å². The van der Waals surface area contributed by atoms with Crippen LogP contribution in [0.2, 0.25) is 0 Å². The number of hydrogen-bond acceptors (Lipinski definition) is 2. The molecule has 262 valence electrons. The van der Waals surface area contributed by atoms with Crippen molar-refractivity contribution < 1.29 is 0 Å². The average molecular weight is 714 g/mol. The van der Waals surface area contributed by atoms with Crippen molar-refractivity contribution in [3.63, 3.8) is 0 Å². The van der Waals surface area contributed by atoms with Gasteiger partial charge in [-0.15, -0.1) is 0 Å². The maximum absolute atomic E-state index is 5.34. The first-order chi connectivity index (χ1) is 27.6. The van der Waals surface area contributed by atoms with Crippen molar-refractivity contribution in [3.8, 4) is 50.6 Å².